The third-order valence-corrected chi connectivity index (χ3v) is 4.06. The van der Waals surface area contributed by atoms with E-state index in [1.807, 2.05) is 6.26 Å². The highest BCUT2D eigenvalue weighted by atomic mass is 32.2. The number of hydrogen-bond donors (Lipinski definition) is 1. The van der Waals surface area contributed by atoms with Gasteiger partial charge in [0.1, 0.15) is 17.2 Å². The topological polar surface area (TPSA) is 41.0 Å². The number of nitrogens with one attached hydrogen (secondary N) is 1. The molecule has 0 radical (unpaired) electrons. The summed E-state index contributed by atoms with van der Waals surface area (Å²) in [6.07, 6.45) is 6.34. The molecule has 0 aromatic carbocycles. The summed E-state index contributed by atoms with van der Waals surface area (Å²) < 4.78 is 0. The Kier molecular flexibility index (Phi) is 5.26. The molecule has 2 rings (SSSR count). The van der Waals surface area contributed by atoms with Crippen LogP contribution in [-0.4, -0.2) is 42.4 Å². The predicted octanol–water partition coefficient (Wildman–Crippen LogP) is 2.02. The lowest BCUT2D eigenvalue weighted by Crippen LogP contribution is -2.38. The zero-order valence-corrected chi connectivity index (χ0v) is 12.0. The Morgan fingerprint density at radius 1 is 1.50 bits per heavy atom. The van der Waals surface area contributed by atoms with Gasteiger partial charge in [0.15, 0.2) is 0 Å². The minimum Gasteiger partial charge on any atom is -0.356 e. The number of piperidine rings is 1. The monoisotopic (exact) mass is 266 g/mol. The van der Waals surface area contributed by atoms with Gasteiger partial charge in [-0.25, -0.2) is 9.97 Å². The average Bonchev–Trinajstić information content (AvgIpc) is 2.46. The van der Waals surface area contributed by atoms with E-state index in [0.29, 0.717) is 0 Å². The number of aromatic nitrogens is 2. The fourth-order valence-electron chi connectivity index (χ4n) is 2.39. The molecule has 1 aromatic heterocycles. The van der Waals surface area contributed by atoms with Crippen molar-refractivity contribution in [1.82, 2.24) is 15.3 Å². The Hall–Kier alpha value is -0.810. The maximum atomic E-state index is 4.41. The Balaban J connectivity index is 2.02. The van der Waals surface area contributed by atoms with Gasteiger partial charge in [-0.1, -0.05) is 0 Å². The van der Waals surface area contributed by atoms with E-state index in [1.165, 1.54) is 19.4 Å². The van der Waals surface area contributed by atoms with Crippen LogP contribution in [0.15, 0.2) is 17.4 Å². The smallest absolute Gasteiger partial charge is 0.133 e. The van der Waals surface area contributed by atoms with E-state index in [-0.39, 0.29) is 0 Å². The fraction of sp³-hybridized carbons (Fsp3) is 0.692. The van der Waals surface area contributed by atoms with E-state index in [4.69, 9.17) is 0 Å². The van der Waals surface area contributed by atoms with Crippen LogP contribution in [0, 0.1) is 5.92 Å². The Morgan fingerprint density at radius 2 is 2.39 bits per heavy atom. The standard InChI is InChI=1S/C13H22N4S/c1-3-17(9-11-5-4-6-14-8-11)12-7-13(18-2)16-10-15-12/h7,10-11,14H,3-6,8-9H2,1-2H3. The van der Waals surface area contributed by atoms with Gasteiger partial charge >= 0.3 is 0 Å². The molecule has 1 atom stereocenters. The van der Waals surface area contributed by atoms with Gasteiger partial charge < -0.3 is 10.2 Å². The average molecular weight is 266 g/mol. The molecule has 1 saturated heterocycles. The van der Waals surface area contributed by atoms with E-state index in [2.05, 4.69) is 33.2 Å². The zero-order chi connectivity index (χ0) is 12.8. The first-order valence-corrected chi connectivity index (χ1v) is 7.87. The molecule has 1 aliphatic heterocycles. The summed E-state index contributed by atoms with van der Waals surface area (Å²) >= 11 is 1.67. The zero-order valence-electron chi connectivity index (χ0n) is 11.2. The molecule has 18 heavy (non-hydrogen) atoms. The quantitative estimate of drug-likeness (QED) is 0.652. The van der Waals surface area contributed by atoms with Crippen molar-refractivity contribution in [3.8, 4) is 0 Å². The van der Waals surface area contributed by atoms with Crippen LogP contribution < -0.4 is 10.2 Å². The fourth-order valence-corrected chi connectivity index (χ4v) is 2.77. The van der Waals surface area contributed by atoms with Crippen molar-refractivity contribution in [2.45, 2.75) is 24.8 Å². The maximum absolute atomic E-state index is 4.41. The summed E-state index contributed by atoms with van der Waals surface area (Å²) in [6.45, 7) is 6.59. The minimum atomic E-state index is 0.742. The van der Waals surface area contributed by atoms with Gasteiger partial charge in [-0.15, -0.1) is 11.8 Å². The van der Waals surface area contributed by atoms with Crippen molar-refractivity contribution in [2.24, 2.45) is 5.92 Å². The summed E-state index contributed by atoms with van der Waals surface area (Å²) in [5, 5.41) is 4.52. The van der Waals surface area contributed by atoms with Crippen LogP contribution in [0.4, 0.5) is 5.82 Å². The molecule has 0 saturated carbocycles. The van der Waals surface area contributed by atoms with Crippen molar-refractivity contribution < 1.29 is 0 Å². The molecule has 2 heterocycles. The van der Waals surface area contributed by atoms with E-state index in [1.54, 1.807) is 18.1 Å². The molecule has 1 aromatic rings. The van der Waals surface area contributed by atoms with E-state index in [9.17, 15) is 0 Å². The van der Waals surface area contributed by atoms with Crippen LogP contribution in [-0.2, 0) is 0 Å². The van der Waals surface area contributed by atoms with Crippen molar-refractivity contribution in [3.05, 3.63) is 12.4 Å². The van der Waals surface area contributed by atoms with E-state index < -0.39 is 0 Å². The SMILES string of the molecule is CCN(CC1CCCNC1)c1cc(SC)ncn1. The van der Waals surface area contributed by atoms with Gasteiger partial charge in [0.2, 0.25) is 0 Å². The van der Waals surface area contributed by atoms with Gasteiger partial charge in [0, 0.05) is 19.2 Å². The second-order valence-corrected chi connectivity index (χ2v) is 5.50. The Bertz CT molecular complexity index is 366. The van der Waals surface area contributed by atoms with E-state index in [0.717, 1.165) is 36.4 Å². The number of rotatable bonds is 5. The number of nitrogens with zero attached hydrogens (tertiary/aromatic N) is 3. The lowest BCUT2D eigenvalue weighted by Gasteiger charge is -2.30. The Morgan fingerprint density at radius 3 is 3.06 bits per heavy atom. The first-order valence-electron chi connectivity index (χ1n) is 6.65. The molecular formula is C13H22N4S. The number of thioether (sulfide) groups is 1. The second-order valence-electron chi connectivity index (χ2n) is 4.67. The van der Waals surface area contributed by atoms with Crippen LogP contribution in [0.2, 0.25) is 0 Å². The van der Waals surface area contributed by atoms with Crippen molar-refractivity contribution >= 4 is 17.6 Å². The summed E-state index contributed by atoms with van der Waals surface area (Å²) in [5.74, 6) is 1.80. The summed E-state index contributed by atoms with van der Waals surface area (Å²) in [4.78, 5) is 11.0. The third kappa shape index (κ3) is 3.59. The number of hydrogen-bond acceptors (Lipinski definition) is 5. The molecule has 1 aliphatic rings. The van der Waals surface area contributed by atoms with Crippen LogP contribution in [0.3, 0.4) is 0 Å². The Labute approximate surface area is 114 Å². The van der Waals surface area contributed by atoms with Crippen molar-refractivity contribution in [3.63, 3.8) is 0 Å². The summed E-state index contributed by atoms with van der Waals surface area (Å²) in [6, 6.07) is 2.09. The highest BCUT2D eigenvalue weighted by Gasteiger charge is 2.17. The largest absolute Gasteiger partial charge is 0.356 e. The first-order chi connectivity index (χ1) is 8.83. The molecular weight excluding hydrogens is 244 g/mol. The van der Waals surface area contributed by atoms with Crippen LogP contribution in [0.5, 0.6) is 0 Å². The molecule has 100 valence electrons. The molecule has 0 amide bonds. The molecule has 0 spiro atoms. The predicted molar refractivity (Wildman–Crippen MR) is 77.3 cm³/mol. The first kappa shape index (κ1) is 13.6. The third-order valence-electron chi connectivity index (χ3n) is 3.42. The molecule has 1 fully saturated rings. The van der Waals surface area contributed by atoms with Gasteiger partial charge in [0.05, 0.1) is 0 Å². The molecule has 4 nitrogen and oxygen atoms in total. The minimum absolute atomic E-state index is 0.742. The lowest BCUT2D eigenvalue weighted by atomic mass is 9.99. The van der Waals surface area contributed by atoms with Gasteiger partial charge in [0.25, 0.3) is 0 Å². The molecule has 0 bridgehead atoms. The highest BCUT2D eigenvalue weighted by molar-refractivity contribution is 7.98. The molecule has 0 aliphatic carbocycles. The van der Waals surface area contributed by atoms with Gasteiger partial charge in [-0.3, -0.25) is 0 Å². The van der Waals surface area contributed by atoms with Gasteiger partial charge in [-0.2, -0.15) is 0 Å². The normalized spacial score (nSPS) is 19.8. The molecule has 1 N–H and O–H groups in total. The van der Waals surface area contributed by atoms with Crippen LogP contribution in [0.1, 0.15) is 19.8 Å². The summed E-state index contributed by atoms with van der Waals surface area (Å²) in [5.41, 5.74) is 0. The van der Waals surface area contributed by atoms with E-state index >= 15 is 0 Å². The maximum Gasteiger partial charge on any atom is 0.133 e. The number of anilines is 1. The van der Waals surface area contributed by atoms with Gasteiger partial charge in [-0.05, 0) is 45.0 Å². The van der Waals surface area contributed by atoms with Crippen LogP contribution in [0.25, 0.3) is 0 Å². The van der Waals surface area contributed by atoms with Crippen molar-refractivity contribution in [1.29, 1.82) is 0 Å². The lowest BCUT2D eigenvalue weighted by molar-refractivity contribution is 0.377. The highest BCUT2D eigenvalue weighted by Crippen LogP contribution is 2.20. The van der Waals surface area contributed by atoms with Crippen LogP contribution >= 0.6 is 11.8 Å². The second kappa shape index (κ2) is 6.95. The molecule has 5 heteroatoms. The van der Waals surface area contributed by atoms with Crippen molar-refractivity contribution in [2.75, 3.05) is 37.3 Å². The molecule has 1 unspecified atom stereocenters. The summed E-state index contributed by atoms with van der Waals surface area (Å²) in [7, 11) is 0.